The van der Waals surface area contributed by atoms with Crippen LogP contribution in [0.4, 0.5) is 0 Å². The van der Waals surface area contributed by atoms with E-state index in [-0.39, 0.29) is 5.54 Å². The number of hydrogen-bond acceptors (Lipinski definition) is 3. The highest BCUT2D eigenvalue weighted by Gasteiger charge is 2.44. The van der Waals surface area contributed by atoms with Crippen molar-refractivity contribution in [2.45, 2.75) is 5.54 Å². The third-order valence-electron chi connectivity index (χ3n) is 4.07. The summed E-state index contributed by atoms with van der Waals surface area (Å²) >= 11 is 0. The third-order valence-corrected chi connectivity index (χ3v) is 4.07. The first-order chi connectivity index (χ1) is 9.88. The molecular formula is C17H16N2O. The molecule has 0 radical (unpaired) electrons. The first kappa shape index (κ1) is 11.5. The predicted molar refractivity (Wildman–Crippen MR) is 78.6 cm³/mol. The summed E-state index contributed by atoms with van der Waals surface area (Å²) in [7, 11) is 0. The maximum absolute atomic E-state index is 5.65. The first-order valence-electron chi connectivity index (χ1n) is 6.97. The maximum Gasteiger partial charge on any atom is 0.288 e. The van der Waals surface area contributed by atoms with E-state index < -0.39 is 0 Å². The van der Waals surface area contributed by atoms with E-state index in [0.717, 1.165) is 25.7 Å². The summed E-state index contributed by atoms with van der Waals surface area (Å²) in [6, 6.07) is 21.8. The van der Waals surface area contributed by atoms with Crippen LogP contribution in [0.5, 0.6) is 0 Å². The number of fused-ring (bicyclic) bond motifs is 1. The molecule has 20 heavy (non-hydrogen) atoms. The van der Waals surface area contributed by atoms with E-state index in [1.54, 1.807) is 0 Å². The summed E-state index contributed by atoms with van der Waals surface area (Å²) in [6.07, 6.45) is 0. The highest BCUT2D eigenvalue weighted by atomic mass is 16.5. The summed E-state index contributed by atoms with van der Waals surface area (Å²) in [6.45, 7) is 2.54. The Kier molecular flexibility index (Phi) is 2.52. The van der Waals surface area contributed by atoms with Crippen LogP contribution >= 0.6 is 0 Å². The van der Waals surface area contributed by atoms with E-state index in [2.05, 4.69) is 53.4 Å². The van der Waals surface area contributed by atoms with Crippen molar-refractivity contribution in [1.29, 1.82) is 0 Å². The molecule has 1 saturated heterocycles. The second-order valence-electron chi connectivity index (χ2n) is 5.26. The van der Waals surface area contributed by atoms with Gasteiger partial charge in [-0.05, 0) is 11.1 Å². The Morgan fingerprint density at radius 2 is 1.50 bits per heavy atom. The van der Waals surface area contributed by atoms with Crippen molar-refractivity contribution in [2.24, 2.45) is 4.99 Å². The maximum atomic E-state index is 5.65. The average molecular weight is 264 g/mol. The lowest BCUT2D eigenvalue weighted by Gasteiger charge is -2.28. The van der Waals surface area contributed by atoms with Crippen LogP contribution in [0.1, 0.15) is 11.1 Å². The van der Waals surface area contributed by atoms with E-state index in [1.807, 2.05) is 12.1 Å². The molecular weight excluding hydrogens is 248 g/mol. The van der Waals surface area contributed by atoms with Crippen LogP contribution in [0.25, 0.3) is 0 Å². The zero-order valence-electron chi connectivity index (χ0n) is 11.2. The lowest BCUT2D eigenvalue weighted by molar-refractivity contribution is 0.343. The van der Waals surface area contributed by atoms with Crippen LogP contribution in [-0.2, 0) is 10.3 Å². The molecule has 0 unspecified atom stereocenters. The zero-order chi connectivity index (χ0) is 13.4. The summed E-state index contributed by atoms with van der Waals surface area (Å²) < 4.78 is 5.65. The van der Waals surface area contributed by atoms with Gasteiger partial charge in [-0.3, -0.25) is 0 Å². The van der Waals surface area contributed by atoms with Crippen LogP contribution in [-0.4, -0.2) is 30.6 Å². The van der Waals surface area contributed by atoms with E-state index in [0.29, 0.717) is 0 Å². The largest absolute Gasteiger partial charge is 0.463 e. The van der Waals surface area contributed by atoms with Crippen LogP contribution in [0.2, 0.25) is 0 Å². The van der Waals surface area contributed by atoms with Gasteiger partial charge in [0.25, 0.3) is 6.02 Å². The summed E-state index contributed by atoms with van der Waals surface area (Å²) in [4.78, 5) is 7.18. The summed E-state index contributed by atoms with van der Waals surface area (Å²) in [5, 5.41) is 0. The fourth-order valence-electron chi connectivity index (χ4n) is 3.06. The second-order valence-corrected chi connectivity index (χ2v) is 5.26. The Morgan fingerprint density at radius 3 is 2.05 bits per heavy atom. The monoisotopic (exact) mass is 264 g/mol. The predicted octanol–water partition coefficient (Wildman–Crippen LogP) is 2.63. The van der Waals surface area contributed by atoms with Crippen molar-refractivity contribution in [3.05, 3.63) is 71.8 Å². The highest BCUT2D eigenvalue weighted by Crippen LogP contribution is 2.39. The molecule has 2 aromatic rings. The molecule has 0 bridgehead atoms. The van der Waals surface area contributed by atoms with Crippen molar-refractivity contribution in [1.82, 2.24) is 4.90 Å². The SMILES string of the molecule is c1ccc(C2(c3ccccc3)CN3CCOC3=N2)cc1. The van der Waals surface area contributed by atoms with E-state index in [4.69, 9.17) is 9.73 Å². The van der Waals surface area contributed by atoms with Gasteiger partial charge in [-0.1, -0.05) is 60.7 Å². The van der Waals surface area contributed by atoms with E-state index >= 15 is 0 Å². The van der Waals surface area contributed by atoms with Gasteiger partial charge < -0.3 is 9.64 Å². The van der Waals surface area contributed by atoms with Crippen molar-refractivity contribution in [3.8, 4) is 0 Å². The smallest absolute Gasteiger partial charge is 0.288 e. The van der Waals surface area contributed by atoms with Gasteiger partial charge in [0, 0.05) is 0 Å². The Bertz CT molecular complexity index is 597. The van der Waals surface area contributed by atoms with Crippen molar-refractivity contribution in [3.63, 3.8) is 0 Å². The lowest BCUT2D eigenvalue weighted by Crippen LogP contribution is -2.33. The van der Waals surface area contributed by atoms with Crippen LogP contribution in [0.15, 0.2) is 65.7 Å². The summed E-state index contributed by atoms with van der Waals surface area (Å²) in [5.74, 6) is 0. The fourth-order valence-corrected chi connectivity index (χ4v) is 3.06. The van der Waals surface area contributed by atoms with Crippen molar-refractivity contribution >= 4 is 6.02 Å². The Morgan fingerprint density at radius 1 is 0.900 bits per heavy atom. The number of aliphatic imine (C=N–C) groups is 1. The van der Waals surface area contributed by atoms with Gasteiger partial charge in [0.1, 0.15) is 12.1 Å². The molecule has 0 spiro atoms. The van der Waals surface area contributed by atoms with Gasteiger partial charge >= 0.3 is 0 Å². The number of amidine groups is 1. The molecule has 0 aromatic heterocycles. The molecule has 3 heteroatoms. The number of benzene rings is 2. The minimum Gasteiger partial charge on any atom is -0.463 e. The minimum absolute atomic E-state index is 0.335. The fraction of sp³-hybridized carbons (Fsp3) is 0.235. The molecule has 2 aliphatic heterocycles. The second kappa shape index (κ2) is 4.37. The molecule has 100 valence electrons. The number of nitrogens with zero attached hydrogens (tertiary/aromatic N) is 2. The third kappa shape index (κ3) is 1.63. The number of hydrogen-bond donors (Lipinski definition) is 0. The topological polar surface area (TPSA) is 24.8 Å². The lowest BCUT2D eigenvalue weighted by atomic mass is 9.83. The molecule has 1 fully saturated rings. The molecule has 0 amide bonds. The summed E-state index contributed by atoms with van der Waals surface area (Å²) in [5.41, 5.74) is 2.10. The first-order valence-corrected chi connectivity index (χ1v) is 6.97. The van der Waals surface area contributed by atoms with Crippen LogP contribution < -0.4 is 0 Å². The molecule has 2 aromatic carbocycles. The molecule has 0 N–H and O–H groups in total. The van der Waals surface area contributed by atoms with Crippen LogP contribution in [0.3, 0.4) is 0 Å². The van der Waals surface area contributed by atoms with Crippen molar-refractivity contribution < 1.29 is 4.74 Å². The standard InChI is InChI=1S/C17H16N2O/c1-3-7-14(8-4-1)17(15-9-5-2-6-10-15)13-19-11-12-20-16(19)18-17/h1-10H,11-13H2. The van der Waals surface area contributed by atoms with Gasteiger partial charge in [0.2, 0.25) is 0 Å². The van der Waals surface area contributed by atoms with Gasteiger partial charge in [-0.15, -0.1) is 0 Å². The normalized spacial score (nSPS) is 19.4. The van der Waals surface area contributed by atoms with Crippen molar-refractivity contribution in [2.75, 3.05) is 19.7 Å². The Hall–Kier alpha value is -2.29. The number of ether oxygens (including phenoxy) is 1. The zero-order valence-corrected chi connectivity index (χ0v) is 11.2. The quantitative estimate of drug-likeness (QED) is 0.833. The highest BCUT2D eigenvalue weighted by molar-refractivity contribution is 5.79. The van der Waals surface area contributed by atoms with Crippen LogP contribution in [0, 0.1) is 0 Å². The molecule has 0 aliphatic carbocycles. The van der Waals surface area contributed by atoms with Gasteiger partial charge in [-0.25, -0.2) is 4.99 Å². The average Bonchev–Trinajstić information content (AvgIpc) is 3.09. The Labute approximate surface area is 118 Å². The van der Waals surface area contributed by atoms with Gasteiger partial charge in [0.05, 0.1) is 13.1 Å². The molecule has 3 nitrogen and oxygen atoms in total. The molecule has 2 heterocycles. The van der Waals surface area contributed by atoms with E-state index in [1.165, 1.54) is 11.1 Å². The van der Waals surface area contributed by atoms with Gasteiger partial charge in [0.15, 0.2) is 0 Å². The minimum atomic E-state index is -0.335. The van der Waals surface area contributed by atoms with E-state index in [9.17, 15) is 0 Å². The molecule has 0 atom stereocenters. The molecule has 0 saturated carbocycles. The Balaban J connectivity index is 1.89. The molecule has 2 aliphatic rings. The van der Waals surface area contributed by atoms with Gasteiger partial charge in [-0.2, -0.15) is 0 Å². The number of rotatable bonds is 2. The molecule has 4 rings (SSSR count).